The smallest absolute Gasteiger partial charge is 0.343 e. The van der Waals surface area contributed by atoms with Gasteiger partial charge in [0.05, 0.1) is 18.4 Å². The first-order chi connectivity index (χ1) is 16.3. The molecule has 3 aromatic carbocycles. The van der Waals surface area contributed by atoms with Crippen molar-refractivity contribution in [2.45, 2.75) is 6.92 Å². The average Bonchev–Trinajstić information content (AvgIpc) is 2.84. The molecule has 2 amide bonds. The van der Waals surface area contributed by atoms with Crippen molar-refractivity contribution in [3.8, 4) is 11.5 Å². The summed E-state index contributed by atoms with van der Waals surface area (Å²) in [6, 6.07) is 17.3. The van der Waals surface area contributed by atoms with Crippen molar-refractivity contribution < 1.29 is 23.9 Å². The average molecular weight is 500 g/mol. The number of benzene rings is 3. The number of hydrogen-bond acceptors (Lipinski definition) is 6. The minimum atomic E-state index is -0.949. The van der Waals surface area contributed by atoms with Crippen LogP contribution in [-0.2, 0) is 9.59 Å². The van der Waals surface area contributed by atoms with Crippen LogP contribution < -0.4 is 20.2 Å². The Morgan fingerprint density at radius 3 is 2.00 bits per heavy atom. The maximum Gasteiger partial charge on any atom is 0.343 e. The van der Waals surface area contributed by atoms with E-state index in [9.17, 15) is 14.4 Å². The molecule has 0 heterocycles. The number of halogens is 2. The predicted octanol–water partition coefficient (Wildman–Crippen LogP) is 4.70. The molecule has 0 bridgehead atoms. The first-order valence-electron chi connectivity index (χ1n) is 9.84. The first-order valence-corrected chi connectivity index (χ1v) is 10.6. The Morgan fingerprint density at radius 2 is 1.38 bits per heavy atom. The van der Waals surface area contributed by atoms with Crippen LogP contribution in [0.4, 0.5) is 5.69 Å². The van der Waals surface area contributed by atoms with E-state index in [1.165, 1.54) is 13.2 Å². The quantitative estimate of drug-likeness (QED) is 0.168. The number of rotatable bonds is 6. The molecule has 10 heteroatoms. The number of anilines is 1. The van der Waals surface area contributed by atoms with Gasteiger partial charge in [0.1, 0.15) is 0 Å². The second-order valence-corrected chi connectivity index (χ2v) is 7.73. The van der Waals surface area contributed by atoms with Crippen molar-refractivity contribution in [1.29, 1.82) is 0 Å². The van der Waals surface area contributed by atoms with Crippen LogP contribution in [0.3, 0.4) is 0 Å². The number of nitrogens with one attached hydrogen (secondary N) is 2. The van der Waals surface area contributed by atoms with E-state index in [-0.39, 0.29) is 11.5 Å². The van der Waals surface area contributed by atoms with E-state index < -0.39 is 17.8 Å². The molecule has 0 aliphatic heterocycles. The van der Waals surface area contributed by atoms with E-state index in [1.54, 1.807) is 67.6 Å². The largest absolute Gasteiger partial charge is 0.493 e. The standard InChI is InChI=1S/C24H19Cl2N3O5/c1-14(28-29-23(31)22(30)27-19-10-8-18(26)9-11-19)16-5-12-20(21(13-16)33-2)34-24(32)15-3-6-17(25)7-4-15/h3-13H,1-2H3,(H,27,30)(H,29,31)/b28-14+. The number of esters is 1. The molecule has 3 rings (SSSR count). The zero-order valence-electron chi connectivity index (χ0n) is 18.1. The number of amides is 2. The number of nitrogens with zero attached hydrogens (tertiary/aromatic N) is 1. The third kappa shape index (κ3) is 6.57. The van der Waals surface area contributed by atoms with Crippen LogP contribution in [0.2, 0.25) is 10.0 Å². The molecule has 0 saturated heterocycles. The summed E-state index contributed by atoms with van der Waals surface area (Å²) in [6.45, 7) is 1.63. The molecule has 8 nitrogen and oxygen atoms in total. The molecule has 0 aromatic heterocycles. The fourth-order valence-electron chi connectivity index (χ4n) is 2.69. The molecule has 34 heavy (non-hydrogen) atoms. The Labute approximate surface area is 205 Å². The normalized spacial score (nSPS) is 10.9. The summed E-state index contributed by atoms with van der Waals surface area (Å²) in [7, 11) is 1.42. The number of methoxy groups -OCH3 is 1. The monoisotopic (exact) mass is 499 g/mol. The summed E-state index contributed by atoms with van der Waals surface area (Å²) in [4.78, 5) is 36.5. The lowest BCUT2D eigenvalue weighted by Gasteiger charge is -2.11. The van der Waals surface area contributed by atoms with E-state index in [1.807, 2.05) is 0 Å². The Kier molecular flexibility index (Phi) is 8.24. The van der Waals surface area contributed by atoms with Gasteiger partial charge in [-0.25, -0.2) is 10.2 Å². The summed E-state index contributed by atoms with van der Waals surface area (Å²) in [5.41, 5.74) is 3.90. The first kappa shape index (κ1) is 24.8. The van der Waals surface area contributed by atoms with Crippen LogP contribution in [0.5, 0.6) is 11.5 Å². The number of ether oxygens (including phenoxy) is 2. The second-order valence-electron chi connectivity index (χ2n) is 6.86. The molecule has 2 N–H and O–H groups in total. The molecule has 0 unspecified atom stereocenters. The summed E-state index contributed by atoms with van der Waals surface area (Å²) in [6.07, 6.45) is 0. The molecule has 174 valence electrons. The van der Waals surface area contributed by atoms with E-state index in [2.05, 4.69) is 15.8 Å². The molecular weight excluding hydrogens is 481 g/mol. The van der Waals surface area contributed by atoms with E-state index in [0.717, 1.165) is 0 Å². The highest BCUT2D eigenvalue weighted by molar-refractivity contribution is 6.39. The van der Waals surface area contributed by atoms with E-state index in [0.29, 0.717) is 32.6 Å². The minimum absolute atomic E-state index is 0.199. The highest BCUT2D eigenvalue weighted by Crippen LogP contribution is 2.29. The van der Waals surface area contributed by atoms with Crippen molar-refractivity contribution in [3.05, 3.63) is 87.9 Å². The summed E-state index contributed by atoms with van der Waals surface area (Å²) in [5, 5.41) is 7.40. The highest BCUT2D eigenvalue weighted by atomic mass is 35.5. The second kappa shape index (κ2) is 11.3. The van der Waals surface area contributed by atoms with Gasteiger partial charge in [-0.15, -0.1) is 0 Å². The maximum atomic E-state index is 12.4. The van der Waals surface area contributed by atoms with Crippen LogP contribution in [0, 0.1) is 0 Å². The number of carbonyl (C=O) groups is 3. The van der Waals surface area contributed by atoms with Gasteiger partial charge in [-0.1, -0.05) is 23.2 Å². The van der Waals surface area contributed by atoms with Crippen LogP contribution in [0.15, 0.2) is 71.8 Å². The van der Waals surface area contributed by atoms with Crippen molar-refractivity contribution in [2.24, 2.45) is 5.10 Å². The number of hydrogen-bond donors (Lipinski definition) is 2. The SMILES string of the molecule is COc1cc(/C(C)=N/NC(=O)C(=O)Nc2ccc(Cl)cc2)ccc1OC(=O)c1ccc(Cl)cc1. The lowest BCUT2D eigenvalue weighted by molar-refractivity contribution is -0.136. The fourth-order valence-corrected chi connectivity index (χ4v) is 2.94. The number of hydrazone groups is 1. The Hall–Kier alpha value is -3.88. The van der Waals surface area contributed by atoms with Gasteiger partial charge >= 0.3 is 17.8 Å². The van der Waals surface area contributed by atoms with Gasteiger partial charge in [0.25, 0.3) is 0 Å². The lowest BCUT2D eigenvalue weighted by atomic mass is 10.1. The predicted molar refractivity (Wildman–Crippen MR) is 130 cm³/mol. The molecule has 0 atom stereocenters. The van der Waals surface area contributed by atoms with Gasteiger partial charge in [0.2, 0.25) is 0 Å². The van der Waals surface area contributed by atoms with Crippen molar-refractivity contribution in [1.82, 2.24) is 5.43 Å². The number of carbonyl (C=O) groups excluding carboxylic acids is 3. The Morgan fingerprint density at radius 1 is 0.794 bits per heavy atom. The molecule has 0 spiro atoms. The third-order valence-corrected chi connectivity index (χ3v) is 5.00. The van der Waals surface area contributed by atoms with Crippen LogP contribution in [-0.4, -0.2) is 30.6 Å². The van der Waals surface area contributed by atoms with Gasteiger partial charge in [0, 0.05) is 21.3 Å². The van der Waals surface area contributed by atoms with Crippen LogP contribution in [0.1, 0.15) is 22.8 Å². The van der Waals surface area contributed by atoms with Crippen LogP contribution in [0.25, 0.3) is 0 Å². The lowest BCUT2D eigenvalue weighted by Crippen LogP contribution is -2.32. The van der Waals surface area contributed by atoms with E-state index >= 15 is 0 Å². The summed E-state index contributed by atoms with van der Waals surface area (Å²) >= 11 is 11.6. The van der Waals surface area contributed by atoms with Gasteiger partial charge < -0.3 is 14.8 Å². The highest BCUT2D eigenvalue weighted by Gasteiger charge is 2.15. The minimum Gasteiger partial charge on any atom is -0.493 e. The zero-order chi connectivity index (χ0) is 24.7. The van der Waals surface area contributed by atoms with Crippen molar-refractivity contribution >= 4 is 52.4 Å². The van der Waals surface area contributed by atoms with Crippen molar-refractivity contribution in [2.75, 3.05) is 12.4 Å². The van der Waals surface area contributed by atoms with Gasteiger partial charge in [-0.2, -0.15) is 5.10 Å². The molecule has 0 aliphatic carbocycles. The Balaban J connectivity index is 1.65. The molecule has 3 aromatic rings. The summed E-state index contributed by atoms with van der Waals surface area (Å²) < 4.78 is 10.7. The zero-order valence-corrected chi connectivity index (χ0v) is 19.6. The van der Waals surface area contributed by atoms with Crippen molar-refractivity contribution in [3.63, 3.8) is 0 Å². The molecule has 0 saturated carbocycles. The molecule has 0 radical (unpaired) electrons. The Bertz CT molecular complexity index is 1240. The fraction of sp³-hybridized carbons (Fsp3) is 0.0833. The topological polar surface area (TPSA) is 106 Å². The molecule has 0 fully saturated rings. The third-order valence-electron chi connectivity index (χ3n) is 4.50. The van der Waals surface area contributed by atoms with Gasteiger partial charge in [-0.05, 0) is 73.7 Å². The van der Waals surface area contributed by atoms with Crippen LogP contribution >= 0.6 is 23.2 Å². The summed E-state index contributed by atoms with van der Waals surface area (Å²) in [5.74, 6) is -1.94. The van der Waals surface area contributed by atoms with Gasteiger partial charge in [0.15, 0.2) is 11.5 Å². The van der Waals surface area contributed by atoms with E-state index in [4.69, 9.17) is 32.7 Å². The maximum absolute atomic E-state index is 12.4. The van der Waals surface area contributed by atoms with Gasteiger partial charge in [-0.3, -0.25) is 9.59 Å². The molecular formula is C24H19Cl2N3O5. The molecule has 0 aliphatic rings.